The number of halogens is 3. The second-order valence-electron chi connectivity index (χ2n) is 8.43. The third-order valence-electron chi connectivity index (χ3n) is 5.97. The maximum atomic E-state index is 13.7. The number of methoxy groups -OCH3 is 1. The lowest BCUT2D eigenvalue weighted by Crippen LogP contribution is -2.33. The zero-order valence-electron chi connectivity index (χ0n) is 19.5. The highest BCUT2D eigenvalue weighted by molar-refractivity contribution is 6.07. The lowest BCUT2D eigenvalue weighted by molar-refractivity contribution is -0.137. The van der Waals surface area contributed by atoms with Crippen LogP contribution in [0, 0.1) is 0 Å². The molecule has 3 aromatic carbocycles. The van der Waals surface area contributed by atoms with Gasteiger partial charge in [-0.3, -0.25) is 4.79 Å². The number of fused-ring (bicyclic) bond motifs is 1. The van der Waals surface area contributed by atoms with Gasteiger partial charge in [-0.2, -0.15) is 13.2 Å². The fraction of sp³-hybridized carbons (Fsp3) is 0.250. The van der Waals surface area contributed by atoms with E-state index >= 15 is 0 Å². The Balaban J connectivity index is 1.60. The Bertz CT molecular complexity index is 1290. The molecule has 0 aliphatic heterocycles. The standard InChI is InChI=1S/C28H27F3N2O2/c1-35-17-7-16-33(27(34)26-14-5-10-22-9-2-3-13-25(22)26)20-24-12-6-15-32(24)19-21-8-4-11-23(18-21)28(29,30)31/h2-6,8-15,18H,7,16-17,19-20H2,1H3. The van der Waals surface area contributed by atoms with Gasteiger partial charge in [0.25, 0.3) is 5.91 Å². The zero-order chi connectivity index (χ0) is 24.8. The van der Waals surface area contributed by atoms with Crippen LogP contribution < -0.4 is 0 Å². The lowest BCUT2D eigenvalue weighted by atomic mass is 10.0. The summed E-state index contributed by atoms with van der Waals surface area (Å²) in [7, 11) is 1.62. The van der Waals surface area contributed by atoms with Gasteiger partial charge >= 0.3 is 6.18 Å². The van der Waals surface area contributed by atoms with E-state index in [0.29, 0.717) is 37.2 Å². The van der Waals surface area contributed by atoms with E-state index < -0.39 is 11.7 Å². The molecule has 0 spiro atoms. The van der Waals surface area contributed by atoms with Gasteiger partial charge in [0.1, 0.15) is 0 Å². The third-order valence-corrected chi connectivity index (χ3v) is 5.97. The highest BCUT2D eigenvalue weighted by Gasteiger charge is 2.30. The summed E-state index contributed by atoms with van der Waals surface area (Å²) in [6, 6.07) is 22.5. The first kappa shape index (κ1) is 24.5. The highest BCUT2D eigenvalue weighted by Crippen LogP contribution is 2.30. The molecule has 1 heterocycles. The summed E-state index contributed by atoms with van der Waals surface area (Å²) < 4.78 is 46.5. The molecule has 4 nitrogen and oxygen atoms in total. The van der Waals surface area contributed by atoms with Gasteiger partial charge < -0.3 is 14.2 Å². The molecule has 1 amide bonds. The molecule has 0 bridgehead atoms. The van der Waals surface area contributed by atoms with Gasteiger partial charge in [-0.05, 0) is 53.1 Å². The van der Waals surface area contributed by atoms with Crippen LogP contribution >= 0.6 is 0 Å². The van der Waals surface area contributed by atoms with E-state index in [0.717, 1.165) is 22.5 Å². The number of alkyl halides is 3. The maximum absolute atomic E-state index is 13.7. The number of aromatic nitrogens is 1. The number of amides is 1. The van der Waals surface area contributed by atoms with E-state index in [2.05, 4.69) is 0 Å². The fourth-order valence-electron chi connectivity index (χ4n) is 4.22. The molecule has 0 fully saturated rings. The van der Waals surface area contributed by atoms with Gasteiger partial charge in [0.2, 0.25) is 0 Å². The van der Waals surface area contributed by atoms with Gasteiger partial charge in [0.15, 0.2) is 0 Å². The Hall–Kier alpha value is -3.58. The number of hydrogen-bond donors (Lipinski definition) is 0. The maximum Gasteiger partial charge on any atom is 0.416 e. The molecule has 7 heteroatoms. The van der Waals surface area contributed by atoms with Gasteiger partial charge in [-0.15, -0.1) is 0 Å². The summed E-state index contributed by atoms with van der Waals surface area (Å²) in [4.78, 5) is 15.4. The quantitative estimate of drug-likeness (QED) is 0.260. The monoisotopic (exact) mass is 480 g/mol. The van der Waals surface area contributed by atoms with Crippen LogP contribution in [0.2, 0.25) is 0 Å². The van der Waals surface area contributed by atoms with Crippen molar-refractivity contribution >= 4 is 16.7 Å². The van der Waals surface area contributed by atoms with Crippen LogP contribution in [0.3, 0.4) is 0 Å². The molecule has 0 radical (unpaired) electrons. The topological polar surface area (TPSA) is 34.5 Å². The average Bonchev–Trinajstić information content (AvgIpc) is 3.28. The summed E-state index contributed by atoms with van der Waals surface area (Å²) in [5, 5.41) is 1.87. The van der Waals surface area contributed by atoms with Crippen LogP contribution in [0.4, 0.5) is 13.2 Å². The Labute approximate surface area is 202 Å². The van der Waals surface area contributed by atoms with E-state index in [1.807, 2.05) is 65.4 Å². The van der Waals surface area contributed by atoms with Crippen molar-refractivity contribution in [2.75, 3.05) is 20.3 Å². The van der Waals surface area contributed by atoms with Crippen molar-refractivity contribution < 1.29 is 22.7 Å². The molecule has 0 unspecified atom stereocenters. The average molecular weight is 481 g/mol. The van der Waals surface area contributed by atoms with E-state index in [1.54, 1.807) is 18.1 Å². The van der Waals surface area contributed by atoms with Crippen LogP contribution in [-0.4, -0.2) is 35.6 Å². The van der Waals surface area contributed by atoms with Crippen molar-refractivity contribution in [2.45, 2.75) is 25.7 Å². The number of carbonyl (C=O) groups is 1. The smallest absolute Gasteiger partial charge is 0.385 e. The van der Waals surface area contributed by atoms with Crippen molar-refractivity contribution in [3.63, 3.8) is 0 Å². The molecule has 4 rings (SSSR count). The zero-order valence-corrected chi connectivity index (χ0v) is 19.5. The molecule has 0 aliphatic rings. The Morgan fingerprint density at radius 3 is 2.54 bits per heavy atom. The molecule has 1 aromatic heterocycles. The van der Waals surface area contributed by atoms with Gasteiger partial charge in [-0.1, -0.05) is 48.5 Å². The molecule has 0 saturated carbocycles. The summed E-state index contributed by atoms with van der Waals surface area (Å²) >= 11 is 0. The van der Waals surface area contributed by atoms with Crippen molar-refractivity contribution in [3.05, 3.63) is 107 Å². The molecule has 182 valence electrons. The first-order valence-corrected chi connectivity index (χ1v) is 11.4. The van der Waals surface area contributed by atoms with E-state index in [4.69, 9.17) is 4.74 Å². The summed E-state index contributed by atoms with van der Waals surface area (Å²) in [5.41, 5.74) is 1.34. The predicted molar refractivity (Wildman–Crippen MR) is 130 cm³/mol. The van der Waals surface area contributed by atoms with Crippen LogP contribution in [-0.2, 0) is 24.0 Å². The molecule has 0 aliphatic carbocycles. The minimum absolute atomic E-state index is 0.0929. The minimum Gasteiger partial charge on any atom is -0.385 e. The second kappa shape index (κ2) is 10.8. The lowest BCUT2D eigenvalue weighted by Gasteiger charge is -2.24. The molecule has 4 aromatic rings. The van der Waals surface area contributed by atoms with Gasteiger partial charge in [-0.25, -0.2) is 0 Å². The Kier molecular flexibility index (Phi) is 7.56. The van der Waals surface area contributed by atoms with E-state index in [1.165, 1.54) is 12.1 Å². The molecule has 0 atom stereocenters. The number of carbonyl (C=O) groups excluding carboxylic acids is 1. The van der Waals surface area contributed by atoms with Crippen molar-refractivity contribution in [3.8, 4) is 0 Å². The molecule has 0 N–H and O–H groups in total. The SMILES string of the molecule is COCCCN(Cc1cccn1Cc1cccc(C(F)(F)F)c1)C(=O)c1cccc2ccccc12. The molecular weight excluding hydrogens is 453 g/mol. The predicted octanol–water partition coefficient (Wildman–Crippen LogP) is 6.39. The van der Waals surface area contributed by atoms with Crippen molar-refractivity contribution in [1.82, 2.24) is 9.47 Å². The first-order valence-electron chi connectivity index (χ1n) is 11.4. The molecular formula is C28H27F3N2O2. The fourth-order valence-corrected chi connectivity index (χ4v) is 4.22. The second-order valence-corrected chi connectivity index (χ2v) is 8.43. The minimum atomic E-state index is -4.39. The van der Waals surface area contributed by atoms with Crippen LogP contribution in [0.5, 0.6) is 0 Å². The van der Waals surface area contributed by atoms with Crippen molar-refractivity contribution in [1.29, 1.82) is 0 Å². The number of benzene rings is 3. The van der Waals surface area contributed by atoms with Crippen LogP contribution in [0.1, 0.15) is 33.6 Å². The molecule has 35 heavy (non-hydrogen) atoms. The van der Waals surface area contributed by atoms with Gasteiger partial charge in [0, 0.05) is 44.3 Å². The van der Waals surface area contributed by atoms with Crippen LogP contribution in [0.25, 0.3) is 10.8 Å². The summed E-state index contributed by atoms with van der Waals surface area (Å²) in [6.07, 6.45) is -1.90. The molecule has 0 saturated heterocycles. The van der Waals surface area contributed by atoms with Crippen LogP contribution in [0.15, 0.2) is 85.1 Å². The number of nitrogens with zero attached hydrogens (tertiary/aromatic N) is 2. The van der Waals surface area contributed by atoms with E-state index in [-0.39, 0.29) is 12.5 Å². The first-order chi connectivity index (χ1) is 16.9. The largest absolute Gasteiger partial charge is 0.416 e. The normalized spacial score (nSPS) is 11.7. The highest BCUT2D eigenvalue weighted by atomic mass is 19.4. The van der Waals surface area contributed by atoms with Gasteiger partial charge in [0.05, 0.1) is 12.1 Å². The number of ether oxygens (including phenoxy) is 1. The van der Waals surface area contributed by atoms with Crippen molar-refractivity contribution in [2.24, 2.45) is 0 Å². The number of rotatable bonds is 9. The number of hydrogen-bond acceptors (Lipinski definition) is 2. The summed E-state index contributed by atoms with van der Waals surface area (Å²) in [5.74, 6) is -0.0929. The Morgan fingerprint density at radius 2 is 1.74 bits per heavy atom. The summed E-state index contributed by atoms with van der Waals surface area (Å²) in [6.45, 7) is 1.62. The Morgan fingerprint density at radius 1 is 0.971 bits per heavy atom. The third kappa shape index (κ3) is 5.92. The van der Waals surface area contributed by atoms with E-state index in [9.17, 15) is 18.0 Å².